The number of hydrogen-bond acceptors (Lipinski definition) is 2. The second kappa shape index (κ2) is 6.80. The molecule has 1 unspecified atom stereocenters. The number of carbonyl (C=O) groups is 1. The number of halogens is 1. The minimum absolute atomic E-state index is 0.0597. The van der Waals surface area contributed by atoms with Crippen LogP contribution >= 0.6 is 11.6 Å². The smallest absolute Gasteiger partial charge is 0.303 e. The van der Waals surface area contributed by atoms with Gasteiger partial charge in [-0.05, 0) is 43.4 Å². The summed E-state index contributed by atoms with van der Waals surface area (Å²) in [6.07, 6.45) is 1.83. The minimum atomic E-state index is -0.795. The van der Waals surface area contributed by atoms with Crippen LogP contribution in [0, 0.1) is 13.8 Å². The largest absolute Gasteiger partial charge is 0.496 e. The van der Waals surface area contributed by atoms with Crippen molar-refractivity contribution in [1.29, 1.82) is 0 Å². The Kier molecular flexibility index (Phi) is 5.67. The molecule has 0 bridgehead atoms. The van der Waals surface area contributed by atoms with E-state index in [4.69, 9.17) is 21.4 Å². The Balaban J connectivity index is 3.35. The van der Waals surface area contributed by atoms with E-state index >= 15 is 0 Å². The lowest BCUT2D eigenvalue weighted by Gasteiger charge is -2.22. The van der Waals surface area contributed by atoms with Crippen LogP contribution in [0.2, 0.25) is 5.02 Å². The number of benzene rings is 1. The van der Waals surface area contributed by atoms with Gasteiger partial charge in [0.15, 0.2) is 0 Å². The Bertz CT molecular complexity index is 469. The van der Waals surface area contributed by atoms with E-state index in [1.807, 2.05) is 26.8 Å². The van der Waals surface area contributed by atoms with Crippen LogP contribution in [0.1, 0.15) is 48.8 Å². The van der Waals surface area contributed by atoms with Crippen molar-refractivity contribution >= 4 is 17.6 Å². The van der Waals surface area contributed by atoms with Gasteiger partial charge in [-0.3, -0.25) is 4.79 Å². The predicted octanol–water partition coefficient (Wildman–Crippen LogP) is 4.32. The van der Waals surface area contributed by atoms with E-state index in [1.54, 1.807) is 7.11 Å². The third-order valence-electron chi connectivity index (χ3n) is 3.38. The van der Waals surface area contributed by atoms with Gasteiger partial charge in [0.2, 0.25) is 0 Å². The number of hydrogen-bond donors (Lipinski definition) is 1. The SMILES string of the molecule is CCCC(CC(=O)O)c1c(OC)cc(C)c(Cl)c1C. The van der Waals surface area contributed by atoms with E-state index in [2.05, 4.69) is 0 Å². The highest BCUT2D eigenvalue weighted by Gasteiger charge is 2.23. The van der Waals surface area contributed by atoms with E-state index in [0.29, 0.717) is 5.02 Å². The standard InChI is InChI=1S/C15H21ClO3/c1-5-6-11(8-13(17)18)14-10(3)15(16)9(2)7-12(14)19-4/h7,11H,5-6,8H2,1-4H3,(H,17,18). The molecule has 0 radical (unpaired) electrons. The fourth-order valence-electron chi connectivity index (χ4n) is 2.52. The molecule has 3 nitrogen and oxygen atoms in total. The Morgan fingerprint density at radius 3 is 2.58 bits per heavy atom. The van der Waals surface area contributed by atoms with Crippen LogP contribution in [0.3, 0.4) is 0 Å². The van der Waals surface area contributed by atoms with Crippen LogP contribution < -0.4 is 4.74 Å². The molecule has 0 spiro atoms. The van der Waals surface area contributed by atoms with Crippen molar-refractivity contribution in [2.24, 2.45) is 0 Å². The Morgan fingerprint density at radius 2 is 2.11 bits per heavy atom. The summed E-state index contributed by atoms with van der Waals surface area (Å²) in [6, 6.07) is 1.88. The van der Waals surface area contributed by atoms with Gasteiger partial charge in [-0.15, -0.1) is 0 Å². The number of methoxy groups -OCH3 is 1. The van der Waals surface area contributed by atoms with Gasteiger partial charge in [0.05, 0.1) is 13.5 Å². The first kappa shape index (κ1) is 15.8. The number of aliphatic carboxylic acids is 1. The molecule has 0 aliphatic heterocycles. The van der Waals surface area contributed by atoms with Crippen LogP contribution in [0.4, 0.5) is 0 Å². The molecule has 19 heavy (non-hydrogen) atoms. The van der Waals surface area contributed by atoms with Gasteiger partial charge in [0, 0.05) is 10.6 Å². The number of aryl methyl sites for hydroxylation is 1. The van der Waals surface area contributed by atoms with Gasteiger partial charge in [0.1, 0.15) is 5.75 Å². The van der Waals surface area contributed by atoms with Crippen molar-refractivity contribution in [2.45, 2.75) is 46.0 Å². The number of rotatable bonds is 6. The summed E-state index contributed by atoms with van der Waals surface area (Å²) in [5.41, 5.74) is 2.81. The minimum Gasteiger partial charge on any atom is -0.496 e. The Hall–Kier alpha value is -1.22. The van der Waals surface area contributed by atoms with Gasteiger partial charge >= 0.3 is 5.97 Å². The highest BCUT2D eigenvalue weighted by Crippen LogP contribution is 2.39. The van der Waals surface area contributed by atoms with Gasteiger partial charge in [-0.25, -0.2) is 0 Å². The van der Waals surface area contributed by atoms with Crippen LogP contribution in [0.15, 0.2) is 6.07 Å². The van der Waals surface area contributed by atoms with E-state index in [9.17, 15) is 4.79 Å². The number of carboxylic acids is 1. The Labute approximate surface area is 119 Å². The third kappa shape index (κ3) is 3.63. The normalized spacial score (nSPS) is 12.3. The summed E-state index contributed by atoms with van der Waals surface area (Å²) in [4.78, 5) is 11.0. The van der Waals surface area contributed by atoms with Crippen molar-refractivity contribution in [3.63, 3.8) is 0 Å². The van der Waals surface area contributed by atoms with E-state index in [-0.39, 0.29) is 12.3 Å². The summed E-state index contributed by atoms with van der Waals surface area (Å²) in [5, 5.41) is 9.77. The first-order valence-corrected chi connectivity index (χ1v) is 6.85. The molecule has 0 saturated heterocycles. The molecule has 0 aromatic heterocycles. The van der Waals surface area contributed by atoms with E-state index in [1.165, 1.54) is 0 Å². The van der Waals surface area contributed by atoms with Gasteiger partial charge in [0.25, 0.3) is 0 Å². The topological polar surface area (TPSA) is 46.5 Å². The van der Waals surface area contributed by atoms with Crippen LogP contribution in [0.25, 0.3) is 0 Å². The number of ether oxygens (including phenoxy) is 1. The Morgan fingerprint density at radius 1 is 1.47 bits per heavy atom. The highest BCUT2D eigenvalue weighted by molar-refractivity contribution is 6.32. The summed E-state index contributed by atoms with van der Waals surface area (Å²) < 4.78 is 5.42. The maximum absolute atomic E-state index is 11.0. The molecule has 0 amide bonds. The third-order valence-corrected chi connectivity index (χ3v) is 3.96. The van der Waals surface area contributed by atoms with Gasteiger partial charge in [-0.1, -0.05) is 24.9 Å². The molecule has 1 rings (SSSR count). The lowest BCUT2D eigenvalue weighted by molar-refractivity contribution is -0.137. The van der Waals surface area contributed by atoms with Crippen LogP contribution in [-0.2, 0) is 4.79 Å². The first-order chi connectivity index (χ1) is 8.92. The van der Waals surface area contributed by atoms with Gasteiger partial charge < -0.3 is 9.84 Å². The van der Waals surface area contributed by atoms with E-state index in [0.717, 1.165) is 35.3 Å². The zero-order chi connectivity index (χ0) is 14.6. The average molecular weight is 285 g/mol. The first-order valence-electron chi connectivity index (χ1n) is 6.47. The monoisotopic (exact) mass is 284 g/mol. The summed E-state index contributed by atoms with van der Waals surface area (Å²) in [6.45, 7) is 5.90. The van der Waals surface area contributed by atoms with Gasteiger partial charge in [-0.2, -0.15) is 0 Å². The molecular formula is C15H21ClO3. The fraction of sp³-hybridized carbons (Fsp3) is 0.533. The molecule has 0 aliphatic carbocycles. The molecule has 0 aliphatic rings. The zero-order valence-electron chi connectivity index (χ0n) is 11.9. The fourth-order valence-corrected chi connectivity index (χ4v) is 2.68. The van der Waals surface area contributed by atoms with Crippen molar-refractivity contribution < 1.29 is 14.6 Å². The molecule has 0 heterocycles. The molecule has 1 aromatic rings. The molecule has 1 aromatic carbocycles. The number of carboxylic acid groups (broad SMARTS) is 1. The molecule has 0 fully saturated rings. The van der Waals surface area contributed by atoms with E-state index < -0.39 is 5.97 Å². The van der Waals surface area contributed by atoms with Crippen LogP contribution in [-0.4, -0.2) is 18.2 Å². The maximum Gasteiger partial charge on any atom is 0.303 e. The second-order valence-corrected chi connectivity index (χ2v) is 5.21. The summed E-state index contributed by atoms with van der Waals surface area (Å²) >= 11 is 6.29. The van der Waals surface area contributed by atoms with Crippen molar-refractivity contribution in [1.82, 2.24) is 0 Å². The molecule has 4 heteroatoms. The summed E-state index contributed by atoms with van der Waals surface area (Å²) in [7, 11) is 1.61. The molecule has 106 valence electrons. The molecular weight excluding hydrogens is 264 g/mol. The van der Waals surface area contributed by atoms with Crippen LogP contribution in [0.5, 0.6) is 5.75 Å². The zero-order valence-corrected chi connectivity index (χ0v) is 12.7. The predicted molar refractivity (Wildman–Crippen MR) is 77.4 cm³/mol. The van der Waals surface area contributed by atoms with Crippen molar-refractivity contribution in [2.75, 3.05) is 7.11 Å². The van der Waals surface area contributed by atoms with Crippen molar-refractivity contribution in [3.8, 4) is 5.75 Å². The molecule has 0 saturated carbocycles. The lowest BCUT2D eigenvalue weighted by atomic mass is 9.87. The highest BCUT2D eigenvalue weighted by atomic mass is 35.5. The molecule has 1 atom stereocenters. The molecule has 1 N–H and O–H groups in total. The van der Waals surface area contributed by atoms with Crippen molar-refractivity contribution in [3.05, 3.63) is 27.8 Å². The maximum atomic E-state index is 11.0. The lowest BCUT2D eigenvalue weighted by Crippen LogP contribution is -2.10. The average Bonchev–Trinajstić information content (AvgIpc) is 2.34. The summed E-state index contributed by atoms with van der Waals surface area (Å²) in [5.74, 6) is -0.119. The quantitative estimate of drug-likeness (QED) is 0.846. The second-order valence-electron chi connectivity index (χ2n) is 4.83.